The molecule has 0 radical (unpaired) electrons. The molecule has 3 aromatic rings. The number of phenolic OH excluding ortho intramolecular Hbond substituents is 1. The van der Waals surface area contributed by atoms with E-state index in [1.54, 1.807) is 22.8 Å². The Bertz CT molecular complexity index is 1280. The zero-order valence-electron chi connectivity index (χ0n) is 15.0. The van der Waals surface area contributed by atoms with Crippen LogP contribution in [-0.2, 0) is 32.2 Å². The van der Waals surface area contributed by atoms with Crippen molar-refractivity contribution in [2.45, 2.75) is 19.3 Å². The van der Waals surface area contributed by atoms with Gasteiger partial charge in [-0.2, -0.15) is 0 Å². The number of benzene rings is 1. The highest BCUT2D eigenvalue weighted by atomic mass is 16.6. The number of hydrogen-bond donors (Lipinski definition) is 2. The van der Waals surface area contributed by atoms with Gasteiger partial charge in [-0.3, -0.25) is 9.59 Å². The zero-order chi connectivity index (χ0) is 20.3. The molecule has 0 aliphatic carbocycles. The van der Waals surface area contributed by atoms with Gasteiger partial charge >= 0.3 is 11.9 Å². The fraction of sp³-hybridized carbons (Fsp3) is 0.200. The third kappa shape index (κ3) is 2.59. The summed E-state index contributed by atoms with van der Waals surface area (Å²) in [5, 5.41) is 10.5. The molecule has 2 aromatic heterocycles. The largest absolute Gasteiger partial charge is 0.508 e. The number of rotatable bonds is 2. The lowest BCUT2D eigenvalue weighted by Gasteiger charge is -2.24. The minimum Gasteiger partial charge on any atom is -0.508 e. The van der Waals surface area contributed by atoms with Gasteiger partial charge in [0.05, 0.1) is 35.6 Å². The number of aromatic nitrogens is 2. The number of nitrogens with zero attached hydrogens (tertiary/aromatic N) is 2. The molecule has 0 amide bonds. The summed E-state index contributed by atoms with van der Waals surface area (Å²) >= 11 is 0. The van der Waals surface area contributed by atoms with Gasteiger partial charge in [0, 0.05) is 16.5 Å². The van der Waals surface area contributed by atoms with Gasteiger partial charge in [-0.15, -0.1) is 0 Å². The molecule has 3 N–H and O–H groups in total. The highest BCUT2D eigenvalue weighted by molar-refractivity contribution is 5.86. The van der Waals surface area contributed by atoms with Crippen molar-refractivity contribution < 1.29 is 24.2 Å². The second-order valence-corrected chi connectivity index (χ2v) is 6.91. The lowest BCUT2D eigenvalue weighted by Crippen LogP contribution is -2.35. The molecule has 0 spiro atoms. The van der Waals surface area contributed by atoms with Crippen molar-refractivity contribution >= 4 is 22.8 Å². The molecule has 146 valence electrons. The first-order valence-electron chi connectivity index (χ1n) is 8.92. The summed E-state index contributed by atoms with van der Waals surface area (Å²) in [4.78, 5) is 41.5. The van der Waals surface area contributed by atoms with E-state index in [-0.39, 0.29) is 23.5 Å². The molecule has 0 unspecified atom stereocenters. The Morgan fingerprint density at radius 3 is 2.93 bits per heavy atom. The van der Waals surface area contributed by atoms with Crippen LogP contribution in [0, 0.1) is 0 Å². The Morgan fingerprint density at radius 2 is 2.14 bits per heavy atom. The van der Waals surface area contributed by atoms with Crippen LogP contribution in [0.1, 0.15) is 22.8 Å². The molecule has 1 atom stereocenters. The number of esters is 2. The minimum atomic E-state index is -1.34. The standard InChI is InChI=1S/C20H15N3O6/c21-6-16(25)29-18-12-5-15-17-10(3-9-4-11(24)1-2-14(9)22-17)7-23(15)19(26)13(12)8-28-20(18)27/h1-5,18,24H,6-8,21H2/t18-/m0/s1. The van der Waals surface area contributed by atoms with Crippen molar-refractivity contribution in [3.63, 3.8) is 0 Å². The lowest BCUT2D eigenvalue weighted by atomic mass is 10.00. The van der Waals surface area contributed by atoms with Crippen LogP contribution >= 0.6 is 0 Å². The number of carbonyl (C=O) groups excluding carboxylic acids is 2. The van der Waals surface area contributed by atoms with Gasteiger partial charge in [0.1, 0.15) is 12.4 Å². The maximum absolute atomic E-state index is 13.1. The molecule has 5 rings (SSSR count). The molecule has 4 heterocycles. The molecular weight excluding hydrogens is 378 g/mol. The molecule has 2 aliphatic heterocycles. The molecule has 9 heteroatoms. The number of phenols is 1. The van der Waals surface area contributed by atoms with Crippen LogP contribution in [0.25, 0.3) is 22.3 Å². The van der Waals surface area contributed by atoms with E-state index < -0.39 is 24.6 Å². The van der Waals surface area contributed by atoms with E-state index in [0.717, 1.165) is 10.9 Å². The van der Waals surface area contributed by atoms with E-state index in [0.29, 0.717) is 29.0 Å². The summed E-state index contributed by atoms with van der Waals surface area (Å²) < 4.78 is 11.7. The van der Waals surface area contributed by atoms with Crippen LogP contribution in [0.2, 0.25) is 0 Å². The number of carbonyl (C=O) groups is 2. The van der Waals surface area contributed by atoms with Crippen molar-refractivity contribution in [3.05, 3.63) is 57.4 Å². The molecule has 0 bridgehead atoms. The minimum absolute atomic E-state index is 0.127. The lowest BCUT2D eigenvalue weighted by molar-refractivity contribution is -0.170. The zero-order valence-corrected chi connectivity index (χ0v) is 15.0. The van der Waals surface area contributed by atoms with Crippen molar-refractivity contribution in [1.29, 1.82) is 0 Å². The van der Waals surface area contributed by atoms with Gasteiger partial charge < -0.3 is 24.9 Å². The molecular formula is C20H15N3O6. The van der Waals surface area contributed by atoms with E-state index in [1.807, 2.05) is 6.07 Å². The molecule has 9 nitrogen and oxygen atoms in total. The fourth-order valence-corrected chi connectivity index (χ4v) is 3.80. The third-order valence-corrected chi connectivity index (χ3v) is 5.15. The molecule has 2 aliphatic rings. The number of fused-ring (bicyclic) bond motifs is 5. The Kier molecular flexibility index (Phi) is 3.68. The first-order chi connectivity index (χ1) is 14.0. The smallest absolute Gasteiger partial charge is 0.352 e. The summed E-state index contributed by atoms with van der Waals surface area (Å²) in [6, 6.07) is 8.35. The van der Waals surface area contributed by atoms with E-state index in [1.165, 1.54) is 6.07 Å². The highest BCUT2D eigenvalue weighted by Gasteiger charge is 2.37. The van der Waals surface area contributed by atoms with Crippen molar-refractivity contribution in [3.8, 4) is 17.1 Å². The van der Waals surface area contributed by atoms with Crippen molar-refractivity contribution in [1.82, 2.24) is 9.55 Å². The normalized spacial score (nSPS) is 16.7. The topological polar surface area (TPSA) is 134 Å². The Balaban J connectivity index is 1.70. The molecule has 0 fully saturated rings. The molecule has 0 saturated carbocycles. The van der Waals surface area contributed by atoms with Crippen LogP contribution in [0.4, 0.5) is 0 Å². The van der Waals surface area contributed by atoms with E-state index in [4.69, 9.17) is 15.2 Å². The van der Waals surface area contributed by atoms with E-state index >= 15 is 0 Å². The maximum Gasteiger partial charge on any atom is 0.352 e. The van der Waals surface area contributed by atoms with E-state index in [9.17, 15) is 19.5 Å². The summed E-state index contributed by atoms with van der Waals surface area (Å²) in [7, 11) is 0. The summed E-state index contributed by atoms with van der Waals surface area (Å²) in [6.45, 7) is -0.285. The van der Waals surface area contributed by atoms with Gasteiger partial charge in [0.25, 0.3) is 5.56 Å². The first-order valence-corrected chi connectivity index (χ1v) is 8.92. The molecule has 29 heavy (non-hydrogen) atoms. The SMILES string of the molecule is NCC(=O)O[C@@H]1C(=O)OCc2c1cc1n(c2=O)Cc2cc3cc(O)ccc3nc2-1. The molecule has 1 aromatic carbocycles. The number of aromatic hydroxyl groups is 1. The third-order valence-electron chi connectivity index (χ3n) is 5.15. The average molecular weight is 393 g/mol. The summed E-state index contributed by atoms with van der Waals surface area (Å²) in [5.74, 6) is -1.39. The van der Waals surface area contributed by atoms with E-state index in [2.05, 4.69) is 4.98 Å². The molecule has 0 saturated heterocycles. The number of ether oxygens (including phenoxy) is 2. The second-order valence-electron chi connectivity index (χ2n) is 6.91. The Morgan fingerprint density at radius 1 is 1.31 bits per heavy atom. The monoisotopic (exact) mass is 393 g/mol. The second kappa shape index (κ2) is 6.14. The number of cyclic esters (lactones) is 1. The van der Waals surface area contributed by atoms with Crippen LogP contribution in [-0.4, -0.2) is 33.1 Å². The van der Waals surface area contributed by atoms with Crippen LogP contribution in [0.15, 0.2) is 35.1 Å². The highest BCUT2D eigenvalue weighted by Crippen LogP contribution is 2.36. The van der Waals surface area contributed by atoms with Crippen molar-refractivity contribution in [2.75, 3.05) is 6.54 Å². The predicted octanol–water partition coefficient (Wildman–Crippen LogP) is 0.731. The Labute approximate surface area is 163 Å². The number of nitrogens with two attached hydrogens (primary N) is 1. The maximum atomic E-state index is 13.1. The van der Waals surface area contributed by atoms with Crippen LogP contribution < -0.4 is 11.3 Å². The number of hydrogen-bond acceptors (Lipinski definition) is 8. The Hall–Kier alpha value is -3.72. The van der Waals surface area contributed by atoms with Gasteiger partial charge in [-0.05, 0) is 30.3 Å². The summed E-state index contributed by atoms with van der Waals surface area (Å²) in [5.41, 5.74) is 8.11. The summed E-state index contributed by atoms with van der Waals surface area (Å²) in [6.07, 6.45) is -1.34. The first kappa shape index (κ1) is 17.4. The van der Waals surface area contributed by atoms with Crippen molar-refractivity contribution in [2.24, 2.45) is 5.73 Å². The fourth-order valence-electron chi connectivity index (χ4n) is 3.80. The average Bonchev–Trinajstić information content (AvgIpc) is 3.06. The van der Waals surface area contributed by atoms with Crippen LogP contribution in [0.3, 0.4) is 0 Å². The van der Waals surface area contributed by atoms with Gasteiger partial charge in [-0.25, -0.2) is 9.78 Å². The predicted molar refractivity (Wildman–Crippen MR) is 99.9 cm³/mol. The van der Waals surface area contributed by atoms with Crippen LogP contribution in [0.5, 0.6) is 5.75 Å². The van der Waals surface area contributed by atoms with Gasteiger partial charge in [0.15, 0.2) is 0 Å². The number of pyridine rings is 2. The van der Waals surface area contributed by atoms with Gasteiger partial charge in [0.2, 0.25) is 6.10 Å². The van der Waals surface area contributed by atoms with Gasteiger partial charge in [-0.1, -0.05) is 0 Å². The quantitative estimate of drug-likeness (QED) is 0.476.